The molecule has 0 spiro atoms. The lowest BCUT2D eigenvalue weighted by Crippen LogP contribution is -2.09. The number of ether oxygens (including phenoxy) is 1. The average molecular weight is 240 g/mol. The smallest absolute Gasteiger partial charge is 0.311 e. The number of carbonyl (C=O) groups is 1. The first-order valence-electron chi connectivity index (χ1n) is 5.60. The van der Waals surface area contributed by atoms with Crippen molar-refractivity contribution in [1.82, 2.24) is 10.3 Å². The van der Waals surface area contributed by atoms with Crippen LogP contribution in [0.25, 0.3) is 0 Å². The van der Waals surface area contributed by atoms with Gasteiger partial charge in [-0.15, -0.1) is 11.3 Å². The lowest BCUT2D eigenvalue weighted by molar-refractivity contribution is -0.142. The van der Waals surface area contributed by atoms with Crippen molar-refractivity contribution in [2.45, 2.75) is 25.7 Å². The summed E-state index contributed by atoms with van der Waals surface area (Å²) in [5, 5.41) is 6.42. The van der Waals surface area contributed by atoms with Gasteiger partial charge in [0.15, 0.2) is 0 Å². The van der Waals surface area contributed by atoms with Crippen molar-refractivity contribution in [3.05, 3.63) is 16.1 Å². The molecule has 88 valence electrons. The molecule has 2 rings (SSSR count). The van der Waals surface area contributed by atoms with Crippen molar-refractivity contribution in [3.63, 3.8) is 0 Å². The van der Waals surface area contributed by atoms with Crippen LogP contribution in [-0.4, -0.2) is 30.6 Å². The molecule has 5 heteroatoms. The highest BCUT2D eigenvalue weighted by Gasteiger charge is 2.20. The molecule has 0 radical (unpaired) electrons. The maximum absolute atomic E-state index is 11.3. The Labute approximate surface area is 99.0 Å². The Morgan fingerprint density at radius 1 is 1.75 bits per heavy atom. The largest absolute Gasteiger partial charge is 0.466 e. The summed E-state index contributed by atoms with van der Waals surface area (Å²) in [6, 6.07) is 0. The van der Waals surface area contributed by atoms with Crippen LogP contribution < -0.4 is 5.32 Å². The van der Waals surface area contributed by atoms with Crippen LogP contribution in [0.1, 0.15) is 30.0 Å². The standard InChI is InChI=1S/C11H16N2O2S/c1-2-15-10(14)5-9-7-16-11(13-9)8-3-4-12-6-8/h7-8,12H,2-6H2,1H3. The molecule has 1 aromatic heterocycles. The van der Waals surface area contributed by atoms with Gasteiger partial charge in [0.25, 0.3) is 0 Å². The van der Waals surface area contributed by atoms with Crippen LogP contribution in [0.5, 0.6) is 0 Å². The number of thiazole rings is 1. The van der Waals surface area contributed by atoms with Crippen LogP contribution in [0.3, 0.4) is 0 Å². The van der Waals surface area contributed by atoms with Crippen molar-refractivity contribution in [1.29, 1.82) is 0 Å². The highest BCUT2D eigenvalue weighted by molar-refractivity contribution is 7.09. The molecule has 0 bridgehead atoms. The molecule has 0 aromatic carbocycles. The van der Waals surface area contributed by atoms with E-state index in [1.807, 2.05) is 12.3 Å². The van der Waals surface area contributed by atoms with Gasteiger partial charge < -0.3 is 10.1 Å². The van der Waals surface area contributed by atoms with Gasteiger partial charge >= 0.3 is 5.97 Å². The van der Waals surface area contributed by atoms with Gasteiger partial charge in [0.05, 0.1) is 23.7 Å². The molecule has 0 amide bonds. The van der Waals surface area contributed by atoms with Crippen LogP contribution >= 0.6 is 11.3 Å². The second-order valence-electron chi connectivity index (χ2n) is 3.85. The third-order valence-corrected chi connectivity index (χ3v) is 3.67. The second-order valence-corrected chi connectivity index (χ2v) is 4.74. The van der Waals surface area contributed by atoms with Crippen LogP contribution in [0, 0.1) is 0 Å². The van der Waals surface area contributed by atoms with E-state index in [9.17, 15) is 4.79 Å². The Morgan fingerprint density at radius 2 is 2.62 bits per heavy atom. The number of nitrogens with one attached hydrogen (secondary N) is 1. The van der Waals surface area contributed by atoms with Gasteiger partial charge in [-0.05, 0) is 19.9 Å². The molecule has 1 aliphatic heterocycles. The first-order chi connectivity index (χ1) is 7.79. The lowest BCUT2D eigenvalue weighted by atomic mass is 10.1. The van der Waals surface area contributed by atoms with E-state index in [2.05, 4.69) is 10.3 Å². The van der Waals surface area contributed by atoms with Crippen LogP contribution in [0.2, 0.25) is 0 Å². The Hall–Kier alpha value is -0.940. The normalized spacial score (nSPS) is 19.9. The molecule has 1 aromatic rings. The van der Waals surface area contributed by atoms with Crippen molar-refractivity contribution < 1.29 is 9.53 Å². The molecule has 1 unspecified atom stereocenters. The Morgan fingerprint density at radius 3 is 3.31 bits per heavy atom. The van der Waals surface area contributed by atoms with Gasteiger partial charge in [0.1, 0.15) is 0 Å². The first kappa shape index (κ1) is 11.5. The fraction of sp³-hybridized carbons (Fsp3) is 0.636. The summed E-state index contributed by atoms with van der Waals surface area (Å²) in [5.41, 5.74) is 0.838. The van der Waals surface area contributed by atoms with E-state index in [-0.39, 0.29) is 5.97 Å². The van der Waals surface area contributed by atoms with E-state index in [4.69, 9.17) is 4.74 Å². The molecule has 1 N–H and O–H groups in total. The van der Waals surface area contributed by atoms with Gasteiger partial charge in [-0.1, -0.05) is 0 Å². The minimum Gasteiger partial charge on any atom is -0.466 e. The number of hydrogen-bond acceptors (Lipinski definition) is 5. The SMILES string of the molecule is CCOC(=O)Cc1csc(C2CCNC2)n1. The second kappa shape index (κ2) is 5.41. The van der Waals surface area contributed by atoms with Crippen LogP contribution in [-0.2, 0) is 16.0 Å². The molecule has 16 heavy (non-hydrogen) atoms. The fourth-order valence-electron chi connectivity index (χ4n) is 1.82. The predicted molar refractivity (Wildman–Crippen MR) is 62.7 cm³/mol. The lowest BCUT2D eigenvalue weighted by Gasteiger charge is -2.02. The van der Waals surface area contributed by atoms with Gasteiger partial charge in [0.2, 0.25) is 0 Å². The van der Waals surface area contributed by atoms with E-state index in [1.54, 1.807) is 11.3 Å². The summed E-state index contributed by atoms with van der Waals surface area (Å²) in [4.78, 5) is 15.8. The van der Waals surface area contributed by atoms with Crippen molar-refractivity contribution >= 4 is 17.3 Å². The van der Waals surface area contributed by atoms with Gasteiger partial charge in [0, 0.05) is 17.8 Å². The number of hydrogen-bond donors (Lipinski definition) is 1. The molecule has 1 atom stereocenters. The molecule has 4 nitrogen and oxygen atoms in total. The minimum atomic E-state index is -0.191. The monoisotopic (exact) mass is 240 g/mol. The third kappa shape index (κ3) is 2.80. The maximum Gasteiger partial charge on any atom is 0.311 e. The number of carbonyl (C=O) groups excluding carboxylic acids is 1. The van der Waals surface area contributed by atoms with Crippen LogP contribution in [0.4, 0.5) is 0 Å². The number of nitrogens with zero attached hydrogens (tertiary/aromatic N) is 1. The van der Waals surface area contributed by atoms with Gasteiger partial charge in [-0.2, -0.15) is 0 Å². The summed E-state index contributed by atoms with van der Waals surface area (Å²) >= 11 is 1.65. The summed E-state index contributed by atoms with van der Waals surface area (Å²) in [5.74, 6) is 0.338. The van der Waals surface area contributed by atoms with E-state index in [0.29, 0.717) is 18.9 Å². The molecular formula is C11H16N2O2S. The average Bonchev–Trinajstić information content (AvgIpc) is 2.86. The minimum absolute atomic E-state index is 0.191. The highest BCUT2D eigenvalue weighted by Crippen LogP contribution is 2.25. The number of rotatable bonds is 4. The zero-order valence-electron chi connectivity index (χ0n) is 9.36. The van der Waals surface area contributed by atoms with Crippen molar-refractivity contribution in [3.8, 4) is 0 Å². The predicted octanol–water partition coefficient (Wildman–Crippen LogP) is 1.33. The molecule has 1 aliphatic rings. The zero-order chi connectivity index (χ0) is 11.4. The van der Waals surface area contributed by atoms with Gasteiger partial charge in [-0.25, -0.2) is 4.98 Å². The molecule has 0 saturated carbocycles. The number of aromatic nitrogens is 1. The molecule has 0 aliphatic carbocycles. The third-order valence-electron chi connectivity index (χ3n) is 2.61. The zero-order valence-corrected chi connectivity index (χ0v) is 10.2. The summed E-state index contributed by atoms with van der Waals surface area (Å²) in [6.07, 6.45) is 1.44. The van der Waals surface area contributed by atoms with Crippen molar-refractivity contribution in [2.24, 2.45) is 0 Å². The topological polar surface area (TPSA) is 51.2 Å². The van der Waals surface area contributed by atoms with E-state index in [0.717, 1.165) is 30.2 Å². The Balaban J connectivity index is 1.93. The summed E-state index contributed by atoms with van der Waals surface area (Å²) in [7, 11) is 0. The van der Waals surface area contributed by atoms with E-state index >= 15 is 0 Å². The highest BCUT2D eigenvalue weighted by atomic mass is 32.1. The van der Waals surface area contributed by atoms with Gasteiger partial charge in [-0.3, -0.25) is 4.79 Å². The summed E-state index contributed by atoms with van der Waals surface area (Å²) in [6.45, 7) is 4.32. The quantitative estimate of drug-likeness (QED) is 0.807. The van der Waals surface area contributed by atoms with E-state index in [1.165, 1.54) is 0 Å². The Kier molecular flexibility index (Phi) is 3.90. The van der Waals surface area contributed by atoms with E-state index < -0.39 is 0 Å². The molecular weight excluding hydrogens is 224 g/mol. The summed E-state index contributed by atoms with van der Waals surface area (Å²) < 4.78 is 4.89. The maximum atomic E-state index is 11.3. The first-order valence-corrected chi connectivity index (χ1v) is 6.48. The molecule has 1 saturated heterocycles. The Bertz CT molecular complexity index is 359. The fourth-order valence-corrected chi connectivity index (χ4v) is 2.77. The van der Waals surface area contributed by atoms with Crippen LogP contribution in [0.15, 0.2) is 5.38 Å². The number of esters is 1. The molecule has 1 fully saturated rings. The molecule has 2 heterocycles. The van der Waals surface area contributed by atoms with Crippen molar-refractivity contribution in [2.75, 3.05) is 19.7 Å².